The van der Waals surface area contributed by atoms with Crippen LogP contribution >= 0.6 is 0 Å². The lowest BCUT2D eigenvalue weighted by atomic mass is 10.0. The number of hydrogen-bond acceptors (Lipinski definition) is 4. The van der Waals surface area contributed by atoms with Crippen molar-refractivity contribution in [1.82, 2.24) is 14.9 Å². The Labute approximate surface area is 191 Å². The van der Waals surface area contributed by atoms with Crippen molar-refractivity contribution in [2.45, 2.75) is 40.5 Å². The van der Waals surface area contributed by atoms with Crippen LogP contribution in [0.3, 0.4) is 0 Å². The molecule has 2 heterocycles. The van der Waals surface area contributed by atoms with Crippen LogP contribution in [0.25, 0.3) is 0 Å². The van der Waals surface area contributed by atoms with Crippen molar-refractivity contribution < 1.29 is 4.79 Å². The standard InChI is InChI=1S/C27H32N4O/c1-19-10-12-23(13-11-19)18-25-21(3)28-22(4)29-26(25)30-14-7-15-31(17-16-30)27(32)24-9-6-5-8-20(24)2/h5-6,8-13H,7,14-18H2,1-4H3. The highest BCUT2D eigenvalue weighted by molar-refractivity contribution is 5.95. The van der Waals surface area contributed by atoms with Gasteiger partial charge in [0.05, 0.1) is 0 Å². The fraction of sp³-hybridized carbons (Fsp3) is 0.370. The summed E-state index contributed by atoms with van der Waals surface area (Å²) in [7, 11) is 0. The van der Waals surface area contributed by atoms with Gasteiger partial charge >= 0.3 is 0 Å². The van der Waals surface area contributed by atoms with Crippen molar-refractivity contribution in [1.29, 1.82) is 0 Å². The summed E-state index contributed by atoms with van der Waals surface area (Å²) in [6.07, 6.45) is 1.73. The van der Waals surface area contributed by atoms with Crippen molar-refractivity contribution in [3.8, 4) is 0 Å². The van der Waals surface area contributed by atoms with E-state index in [1.54, 1.807) is 0 Å². The first-order valence-corrected chi connectivity index (χ1v) is 11.4. The highest BCUT2D eigenvalue weighted by Gasteiger charge is 2.24. The molecule has 0 bridgehead atoms. The van der Waals surface area contributed by atoms with E-state index in [1.165, 1.54) is 16.7 Å². The first kappa shape index (κ1) is 22.0. The summed E-state index contributed by atoms with van der Waals surface area (Å²) in [4.78, 5) is 27.0. The molecular formula is C27H32N4O. The largest absolute Gasteiger partial charge is 0.354 e. The van der Waals surface area contributed by atoms with E-state index in [0.717, 1.165) is 60.9 Å². The van der Waals surface area contributed by atoms with E-state index in [2.05, 4.69) is 48.0 Å². The van der Waals surface area contributed by atoms with Crippen LogP contribution in [-0.4, -0.2) is 47.0 Å². The molecule has 166 valence electrons. The van der Waals surface area contributed by atoms with Crippen LogP contribution in [0.15, 0.2) is 48.5 Å². The van der Waals surface area contributed by atoms with Gasteiger partial charge in [0.15, 0.2) is 0 Å². The predicted octanol–water partition coefficient (Wildman–Crippen LogP) is 4.65. The smallest absolute Gasteiger partial charge is 0.254 e. The Hall–Kier alpha value is -3.21. The van der Waals surface area contributed by atoms with Gasteiger partial charge in [-0.25, -0.2) is 9.97 Å². The Kier molecular flexibility index (Phi) is 6.54. The third kappa shape index (κ3) is 4.82. The molecule has 1 saturated heterocycles. The van der Waals surface area contributed by atoms with Gasteiger partial charge in [-0.05, 0) is 51.3 Å². The molecule has 0 unspecified atom stereocenters. The molecule has 0 saturated carbocycles. The summed E-state index contributed by atoms with van der Waals surface area (Å²) in [6.45, 7) is 11.3. The SMILES string of the molecule is Cc1ccc(Cc2c(C)nc(C)nc2N2CCCN(C(=O)c3ccccc3C)CC2)cc1. The molecule has 0 aliphatic carbocycles. The van der Waals surface area contributed by atoms with Gasteiger partial charge in [-0.3, -0.25) is 4.79 Å². The van der Waals surface area contributed by atoms with Gasteiger partial charge in [-0.2, -0.15) is 0 Å². The molecule has 2 aromatic carbocycles. The predicted molar refractivity (Wildman–Crippen MR) is 129 cm³/mol. The second-order valence-corrected chi connectivity index (χ2v) is 8.77. The maximum atomic E-state index is 13.1. The summed E-state index contributed by atoms with van der Waals surface area (Å²) >= 11 is 0. The molecule has 1 fully saturated rings. The summed E-state index contributed by atoms with van der Waals surface area (Å²) in [5.74, 6) is 1.93. The zero-order chi connectivity index (χ0) is 22.7. The van der Waals surface area contributed by atoms with Crippen LogP contribution in [-0.2, 0) is 6.42 Å². The van der Waals surface area contributed by atoms with Crippen molar-refractivity contribution in [3.05, 3.63) is 87.9 Å². The normalized spacial score (nSPS) is 14.4. The zero-order valence-corrected chi connectivity index (χ0v) is 19.6. The molecule has 1 aromatic heterocycles. The van der Waals surface area contributed by atoms with Crippen molar-refractivity contribution in [2.24, 2.45) is 0 Å². The van der Waals surface area contributed by atoms with Crippen LogP contribution < -0.4 is 4.90 Å². The molecule has 32 heavy (non-hydrogen) atoms. The van der Waals surface area contributed by atoms with E-state index in [0.29, 0.717) is 6.54 Å². The van der Waals surface area contributed by atoms with E-state index >= 15 is 0 Å². The summed E-state index contributed by atoms with van der Waals surface area (Å²) in [6, 6.07) is 16.5. The van der Waals surface area contributed by atoms with E-state index in [4.69, 9.17) is 4.98 Å². The Bertz CT molecular complexity index is 1110. The Balaban J connectivity index is 1.57. The molecule has 0 spiro atoms. The van der Waals surface area contributed by atoms with Crippen molar-refractivity contribution >= 4 is 11.7 Å². The average Bonchev–Trinajstić information content (AvgIpc) is 3.03. The number of rotatable bonds is 4. The fourth-order valence-electron chi connectivity index (χ4n) is 4.41. The van der Waals surface area contributed by atoms with Crippen LogP contribution in [0.4, 0.5) is 5.82 Å². The van der Waals surface area contributed by atoms with Gasteiger partial charge in [0.1, 0.15) is 11.6 Å². The first-order chi connectivity index (χ1) is 15.4. The topological polar surface area (TPSA) is 49.3 Å². The number of carbonyl (C=O) groups is 1. The Morgan fingerprint density at radius 1 is 0.875 bits per heavy atom. The van der Waals surface area contributed by atoms with Gasteiger partial charge in [-0.15, -0.1) is 0 Å². The molecular weight excluding hydrogens is 396 g/mol. The van der Waals surface area contributed by atoms with Gasteiger partial charge in [0.2, 0.25) is 0 Å². The third-order valence-electron chi connectivity index (χ3n) is 6.26. The van der Waals surface area contributed by atoms with Crippen LogP contribution in [0.1, 0.15) is 50.6 Å². The van der Waals surface area contributed by atoms with Crippen molar-refractivity contribution in [3.63, 3.8) is 0 Å². The van der Waals surface area contributed by atoms with Crippen LogP contribution in [0.2, 0.25) is 0 Å². The fourth-order valence-corrected chi connectivity index (χ4v) is 4.41. The highest BCUT2D eigenvalue weighted by atomic mass is 16.2. The Morgan fingerprint density at radius 2 is 1.62 bits per heavy atom. The number of anilines is 1. The van der Waals surface area contributed by atoms with Gasteiger partial charge < -0.3 is 9.80 Å². The Morgan fingerprint density at radius 3 is 2.38 bits per heavy atom. The molecule has 1 aliphatic heterocycles. The maximum absolute atomic E-state index is 13.1. The van der Waals surface area contributed by atoms with Crippen molar-refractivity contribution in [2.75, 3.05) is 31.1 Å². The van der Waals surface area contributed by atoms with Crippen LogP contribution in [0, 0.1) is 27.7 Å². The lowest BCUT2D eigenvalue weighted by molar-refractivity contribution is 0.0766. The molecule has 0 atom stereocenters. The molecule has 5 nitrogen and oxygen atoms in total. The molecule has 5 heteroatoms. The average molecular weight is 429 g/mol. The third-order valence-corrected chi connectivity index (χ3v) is 6.26. The van der Waals surface area contributed by atoms with E-state index in [-0.39, 0.29) is 5.91 Å². The number of carbonyl (C=O) groups excluding carboxylic acids is 1. The van der Waals surface area contributed by atoms with E-state index in [9.17, 15) is 4.79 Å². The quantitative estimate of drug-likeness (QED) is 0.607. The highest BCUT2D eigenvalue weighted by Crippen LogP contribution is 2.26. The molecule has 0 N–H and O–H groups in total. The van der Waals surface area contributed by atoms with Gasteiger partial charge in [0.25, 0.3) is 5.91 Å². The molecule has 3 aromatic rings. The number of aryl methyl sites for hydroxylation is 4. The minimum absolute atomic E-state index is 0.125. The monoisotopic (exact) mass is 428 g/mol. The number of nitrogens with zero attached hydrogens (tertiary/aromatic N) is 4. The van der Waals surface area contributed by atoms with Crippen LogP contribution in [0.5, 0.6) is 0 Å². The summed E-state index contributed by atoms with van der Waals surface area (Å²) < 4.78 is 0. The molecule has 1 amide bonds. The number of amides is 1. The molecule has 4 rings (SSSR count). The van der Waals surface area contributed by atoms with E-state index < -0.39 is 0 Å². The lowest BCUT2D eigenvalue weighted by Gasteiger charge is -2.26. The lowest BCUT2D eigenvalue weighted by Crippen LogP contribution is -2.36. The minimum Gasteiger partial charge on any atom is -0.354 e. The zero-order valence-electron chi connectivity index (χ0n) is 19.6. The summed E-state index contributed by atoms with van der Waals surface area (Å²) in [5, 5.41) is 0. The summed E-state index contributed by atoms with van der Waals surface area (Å²) in [5.41, 5.74) is 6.56. The molecule has 1 aliphatic rings. The van der Waals surface area contributed by atoms with Gasteiger partial charge in [-0.1, -0.05) is 48.0 Å². The first-order valence-electron chi connectivity index (χ1n) is 11.4. The van der Waals surface area contributed by atoms with E-state index in [1.807, 2.05) is 43.0 Å². The second-order valence-electron chi connectivity index (χ2n) is 8.77. The maximum Gasteiger partial charge on any atom is 0.254 e. The van der Waals surface area contributed by atoms with Gasteiger partial charge in [0, 0.05) is 49.4 Å². The second kappa shape index (κ2) is 9.51. The molecule has 0 radical (unpaired) electrons. The minimum atomic E-state index is 0.125. The number of aromatic nitrogens is 2. The number of benzene rings is 2. The number of hydrogen-bond donors (Lipinski definition) is 0.